The quantitative estimate of drug-likeness (QED) is 0.446. The fourth-order valence-electron chi connectivity index (χ4n) is 2.54. The van der Waals surface area contributed by atoms with Gasteiger partial charge in [-0.3, -0.25) is 4.90 Å². The van der Waals surface area contributed by atoms with E-state index in [1.807, 2.05) is 25.2 Å². The standard InChI is InChI=1S/C18H31N5/c1-6-15(4)14-22-9-11-23(12-10-22)17(8-3)13-16(7-2)21-18(19)20-5/h7-8,13,15H,3,5-6,9-12,14H2,1-2,4H3,(H2,19,21)/b16-7+,17-13+. The molecule has 1 atom stereocenters. The summed E-state index contributed by atoms with van der Waals surface area (Å²) in [5.74, 6) is 0.936. The minimum absolute atomic E-state index is 0.177. The minimum atomic E-state index is 0.177. The molecule has 1 rings (SSSR count). The van der Waals surface area contributed by atoms with Crippen LogP contribution in [0.1, 0.15) is 27.2 Å². The molecule has 0 aromatic carbocycles. The predicted molar refractivity (Wildman–Crippen MR) is 101 cm³/mol. The van der Waals surface area contributed by atoms with E-state index in [-0.39, 0.29) is 5.96 Å². The van der Waals surface area contributed by atoms with Gasteiger partial charge in [0.2, 0.25) is 5.96 Å². The van der Waals surface area contributed by atoms with Gasteiger partial charge in [0, 0.05) is 38.4 Å². The molecule has 1 saturated heterocycles. The average Bonchev–Trinajstić information content (AvgIpc) is 2.58. The Balaban J connectivity index is 2.71. The molecule has 0 aromatic rings. The van der Waals surface area contributed by atoms with Gasteiger partial charge in [-0.25, -0.2) is 9.98 Å². The van der Waals surface area contributed by atoms with E-state index in [0.29, 0.717) is 0 Å². The molecule has 1 aliphatic rings. The molecular formula is C18H31N5. The number of hydrogen-bond donors (Lipinski definition) is 1. The van der Waals surface area contributed by atoms with Crippen LogP contribution in [0.15, 0.2) is 46.2 Å². The number of piperazine rings is 1. The van der Waals surface area contributed by atoms with Crippen molar-refractivity contribution in [3.8, 4) is 0 Å². The van der Waals surface area contributed by atoms with Gasteiger partial charge in [-0.2, -0.15) is 0 Å². The second kappa shape index (κ2) is 10.0. The van der Waals surface area contributed by atoms with Gasteiger partial charge in [-0.05, 0) is 31.7 Å². The number of hydrogen-bond acceptors (Lipinski definition) is 3. The topological polar surface area (TPSA) is 57.2 Å². The Kier molecular flexibility index (Phi) is 8.33. The number of allylic oxidation sites excluding steroid dienone is 3. The summed E-state index contributed by atoms with van der Waals surface area (Å²) in [7, 11) is 0. The van der Waals surface area contributed by atoms with Gasteiger partial charge in [0.05, 0.1) is 5.70 Å². The van der Waals surface area contributed by atoms with Crippen molar-refractivity contribution in [1.82, 2.24) is 9.80 Å². The van der Waals surface area contributed by atoms with E-state index >= 15 is 0 Å². The number of nitrogens with two attached hydrogens (primary N) is 1. The monoisotopic (exact) mass is 317 g/mol. The van der Waals surface area contributed by atoms with Crippen LogP contribution in [0.2, 0.25) is 0 Å². The third kappa shape index (κ3) is 6.40. The van der Waals surface area contributed by atoms with Gasteiger partial charge in [-0.15, -0.1) is 0 Å². The fraction of sp³-hybridized carbons (Fsp3) is 0.556. The number of nitrogens with zero attached hydrogens (tertiary/aromatic N) is 4. The molecular weight excluding hydrogens is 286 g/mol. The highest BCUT2D eigenvalue weighted by molar-refractivity contribution is 5.83. The van der Waals surface area contributed by atoms with Crippen molar-refractivity contribution < 1.29 is 0 Å². The van der Waals surface area contributed by atoms with Crippen molar-refractivity contribution in [3.63, 3.8) is 0 Å². The Labute approximate surface area is 141 Å². The highest BCUT2D eigenvalue weighted by atomic mass is 15.3. The Morgan fingerprint density at radius 2 is 1.96 bits per heavy atom. The largest absolute Gasteiger partial charge is 0.369 e. The Hall–Kier alpha value is -1.88. The van der Waals surface area contributed by atoms with Gasteiger partial charge in [0.15, 0.2) is 0 Å². The molecule has 0 bridgehead atoms. The zero-order chi connectivity index (χ0) is 17.2. The van der Waals surface area contributed by atoms with E-state index in [1.165, 1.54) is 13.0 Å². The lowest BCUT2D eigenvalue weighted by Crippen LogP contribution is -2.46. The summed E-state index contributed by atoms with van der Waals surface area (Å²) in [6, 6.07) is 0. The van der Waals surface area contributed by atoms with Crippen LogP contribution in [-0.4, -0.2) is 55.2 Å². The molecule has 0 aromatic heterocycles. The van der Waals surface area contributed by atoms with Crippen molar-refractivity contribution in [3.05, 3.63) is 36.2 Å². The maximum Gasteiger partial charge on any atom is 0.219 e. The van der Waals surface area contributed by atoms with Crippen LogP contribution in [0.3, 0.4) is 0 Å². The normalized spacial score (nSPS) is 19.6. The summed E-state index contributed by atoms with van der Waals surface area (Å²) >= 11 is 0. The number of guanidine groups is 1. The highest BCUT2D eigenvalue weighted by Gasteiger charge is 2.18. The van der Waals surface area contributed by atoms with Crippen molar-refractivity contribution >= 4 is 12.7 Å². The van der Waals surface area contributed by atoms with Crippen LogP contribution in [0.25, 0.3) is 0 Å². The predicted octanol–water partition coefficient (Wildman–Crippen LogP) is 2.64. The third-order valence-electron chi connectivity index (χ3n) is 4.21. The Bertz CT molecular complexity index is 482. The minimum Gasteiger partial charge on any atom is -0.369 e. The molecule has 1 heterocycles. The van der Waals surface area contributed by atoms with Crippen LogP contribution in [0.5, 0.6) is 0 Å². The van der Waals surface area contributed by atoms with Gasteiger partial charge in [0.25, 0.3) is 0 Å². The molecule has 0 spiro atoms. The van der Waals surface area contributed by atoms with Crippen LogP contribution in [0.4, 0.5) is 0 Å². The fourth-order valence-corrected chi connectivity index (χ4v) is 2.54. The lowest BCUT2D eigenvalue weighted by molar-refractivity contribution is 0.144. The molecule has 5 nitrogen and oxygen atoms in total. The van der Waals surface area contributed by atoms with Crippen LogP contribution < -0.4 is 5.73 Å². The van der Waals surface area contributed by atoms with Crippen molar-refractivity contribution in [2.75, 3.05) is 32.7 Å². The zero-order valence-corrected chi connectivity index (χ0v) is 14.8. The molecule has 23 heavy (non-hydrogen) atoms. The lowest BCUT2D eigenvalue weighted by Gasteiger charge is -2.37. The third-order valence-corrected chi connectivity index (χ3v) is 4.21. The van der Waals surface area contributed by atoms with Crippen LogP contribution in [0, 0.1) is 5.92 Å². The van der Waals surface area contributed by atoms with E-state index < -0.39 is 0 Å². The molecule has 5 heteroatoms. The van der Waals surface area contributed by atoms with E-state index in [2.05, 4.69) is 46.9 Å². The summed E-state index contributed by atoms with van der Waals surface area (Å²) in [5, 5.41) is 0. The summed E-state index contributed by atoms with van der Waals surface area (Å²) < 4.78 is 0. The highest BCUT2D eigenvalue weighted by Crippen LogP contribution is 2.15. The molecule has 128 valence electrons. The first-order valence-corrected chi connectivity index (χ1v) is 8.32. The smallest absolute Gasteiger partial charge is 0.219 e. The summed E-state index contributed by atoms with van der Waals surface area (Å²) in [4.78, 5) is 12.7. The molecule has 1 unspecified atom stereocenters. The van der Waals surface area contributed by atoms with E-state index in [9.17, 15) is 0 Å². The summed E-state index contributed by atoms with van der Waals surface area (Å²) in [5.41, 5.74) is 7.47. The first-order valence-electron chi connectivity index (χ1n) is 8.32. The molecule has 1 fully saturated rings. The van der Waals surface area contributed by atoms with Crippen molar-refractivity contribution in [2.45, 2.75) is 27.2 Å². The molecule has 2 N–H and O–H groups in total. The number of rotatable bonds is 7. The van der Waals surface area contributed by atoms with E-state index in [0.717, 1.165) is 43.5 Å². The van der Waals surface area contributed by atoms with Gasteiger partial charge >= 0.3 is 0 Å². The van der Waals surface area contributed by atoms with Gasteiger partial charge in [-0.1, -0.05) is 32.9 Å². The average molecular weight is 317 g/mol. The van der Waals surface area contributed by atoms with Gasteiger partial charge in [0.1, 0.15) is 0 Å². The summed E-state index contributed by atoms with van der Waals surface area (Å²) in [6.07, 6.45) is 7.01. The van der Waals surface area contributed by atoms with E-state index in [1.54, 1.807) is 0 Å². The maximum absolute atomic E-state index is 5.63. The summed E-state index contributed by atoms with van der Waals surface area (Å²) in [6.45, 7) is 19.2. The van der Waals surface area contributed by atoms with Gasteiger partial charge < -0.3 is 10.6 Å². The molecule has 1 aliphatic heterocycles. The van der Waals surface area contributed by atoms with Crippen molar-refractivity contribution in [1.29, 1.82) is 0 Å². The molecule has 0 saturated carbocycles. The Morgan fingerprint density at radius 3 is 2.43 bits per heavy atom. The second-order valence-electron chi connectivity index (χ2n) is 5.92. The first kappa shape index (κ1) is 19.2. The first-order chi connectivity index (χ1) is 11.0. The molecule has 0 amide bonds. The van der Waals surface area contributed by atoms with E-state index in [4.69, 9.17) is 5.73 Å². The SMILES string of the molecule is C=C/C(=C\C(=C/C)N=C(N)N=C)N1CCN(CC(C)CC)CC1. The van der Waals surface area contributed by atoms with Crippen LogP contribution in [-0.2, 0) is 0 Å². The van der Waals surface area contributed by atoms with Crippen molar-refractivity contribution in [2.24, 2.45) is 21.6 Å². The van der Waals surface area contributed by atoms with Crippen LogP contribution >= 0.6 is 0 Å². The Morgan fingerprint density at radius 1 is 1.30 bits per heavy atom. The molecule has 0 radical (unpaired) electrons. The zero-order valence-electron chi connectivity index (χ0n) is 14.8. The lowest BCUT2D eigenvalue weighted by atomic mass is 10.1. The maximum atomic E-state index is 5.63. The number of aliphatic imine (C=N–C) groups is 2. The molecule has 0 aliphatic carbocycles. The second-order valence-corrected chi connectivity index (χ2v) is 5.92.